The highest BCUT2D eigenvalue weighted by Crippen LogP contribution is 2.42. The van der Waals surface area contributed by atoms with Gasteiger partial charge in [0.2, 0.25) is 11.8 Å². The minimum absolute atomic E-state index is 0.0996. The maximum absolute atomic E-state index is 13.5. The third kappa shape index (κ3) is 6.77. The molecule has 1 spiro atoms. The average Bonchev–Trinajstić information content (AvgIpc) is 3.07. The number of hydrogen-bond donors (Lipinski definition) is 2. The van der Waals surface area contributed by atoms with Gasteiger partial charge in [0.05, 0.1) is 17.8 Å². The smallest absolute Gasteiger partial charge is 0.282 e. The number of rotatable bonds is 6. The van der Waals surface area contributed by atoms with Crippen LogP contribution in [0.2, 0.25) is 0 Å². The van der Waals surface area contributed by atoms with Crippen LogP contribution in [0.25, 0.3) is 0 Å². The Hall–Kier alpha value is -4.03. The zero-order valence-electron chi connectivity index (χ0n) is 28.4. The van der Waals surface area contributed by atoms with E-state index in [4.69, 9.17) is 0 Å². The highest BCUT2D eigenvalue weighted by atomic mass is 79.9. The molecule has 3 unspecified atom stereocenters. The minimum Gasteiger partial charge on any atom is -0.379 e. The predicted octanol–water partition coefficient (Wildman–Crippen LogP) is 4.01. The number of imide groups is 1. The lowest BCUT2D eigenvalue weighted by molar-refractivity contribution is -0.134. The van der Waals surface area contributed by atoms with Crippen LogP contribution in [0.5, 0.6) is 0 Å². The Morgan fingerprint density at radius 3 is 2.45 bits per heavy atom. The summed E-state index contributed by atoms with van der Waals surface area (Å²) in [6.45, 7) is 7.30. The molecule has 49 heavy (non-hydrogen) atoms. The lowest BCUT2D eigenvalue weighted by Crippen LogP contribution is -2.61. The lowest BCUT2D eigenvalue weighted by Gasteiger charge is -2.54. The molecule has 1 aromatic heterocycles. The van der Waals surface area contributed by atoms with E-state index in [0.29, 0.717) is 28.9 Å². The third-order valence-electron chi connectivity index (χ3n) is 11.1. The summed E-state index contributed by atoms with van der Waals surface area (Å²) in [6.07, 6.45) is 5.62. The highest BCUT2D eigenvalue weighted by Gasteiger charge is 2.47. The van der Waals surface area contributed by atoms with Crippen LogP contribution in [0.3, 0.4) is 0 Å². The number of carbonyl (C=O) groups excluding carboxylic acids is 3. The maximum atomic E-state index is 13.5. The summed E-state index contributed by atoms with van der Waals surface area (Å²) in [5.41, 5.74) is 5.90. The van der Waals surface area contributed by atoms with Crippen molar-refractivity contribution in [2.24, 2.45) is 12.5 Å². The molecule has 12 heteroatoms. The molecule has 4 fully saturated rings. The van der Waals surface area contributed by atoms with Gasteiger partial charge in [0.25, 0.3) is 11.5 Å². The van der Waals surface area contributed by atoms with Crippen LogP contribution in [0, 0.1) is 12.3 Å². The normalized spacial score (nSPS) is 24.0. The van der Waals surface area contributed by atoms with Crippen LogP contribution < -0.4 is 21.1 Å². The molecular formula is C37H44BrN7O4. The van der Waals surface area contributed by atoms with E-state index in [1.54, 1.807) is 13.2 Å². The first-order chi connectivity index (χ1) is 23.5. The number of aromatic nitrogens is 2. The average molecular weight is 731 g/mol. The second-order valence-corrected chi connectivity index (χ2v) is 15.4. The number of benzene rings is 2. The number of anilines is 2. The fourth-order valence-corrected chi connectivity index (χ4v) is 8.75. The van der Waals surface area contributed by atoms with Gasteiger partial charge in [0.15, 0.2) is 0 Å². The number of nitrogens with one attached hydrogen (secondary N) is 2. The minimum atomic E-state index is -0.269. The quantitative estimate of drug-likeness (QED) is 0.366. The van der Waals surface area contributed by atoms with Crippen molar-refractivity contribution in [2.75, 3.05) is 56.5 Å². The van der Waals surface area contributed by atoms with E-state index in [0.717, 1.165) is 80.9 Å². The lowest BCUT2D eigenvalue weighted by atomic mass is 9.71. The van der Waals surface area contributed by atoms with Crippen LogP contribution in [0.4, 0.5) is 11.4 Å². The largest absolute Gasteiger partial charge is 0.379 e. The molecule has 0 radical (unpaired) electrons. The predicted molar refractivity (Wildman–Crippen MR) is 192 cm³/mol. The molecule has 0 saturated carbocycles. The van der Waals surface area contributed by atoms with Crippen molar-refractivity contribution in [3.63, 3.8) is 0 Å². The van der Waals surface area contributed by atoms with Gasteiger partial charge in [-0.1, -0.05) is 18.2 Å². The van der Waals surface area contributed by atoms with Gasteiger partial charge in [0.1, 0.15) is 4.47 Å². The number of halogens is 1. The summed E-state index contributed by atoms with van der Waals surface area (Å²) < 4.78 is 1.80. The number of likely N-dealkylation sites (N-methyl/N-ethyl adjacent to an activating group) is 1. The molecule has 0 bridgehead atoms. The second-order valence-electron chi connectivity index (χ2n) is 14.6. The number of amides is 3. The Bertz CT molecular complexity index is 1830. The van der Waals surface area contributed by atoms with Crippen LogP contribution in [-0.4, -0.2) is 89.7 Å². The van der Waals surface area contributed by atoms with E-state index in [2.05, 4.69) is 78.8 Å². The van der Waals surface area contributed by atoms with Crippen molar-refractivity contribution in [1.82, 2.24) is 24.9 Å². The molecule has 258 valence electrons. The Kier molecular flexibility index (Phi) is 9.12. The van der Waals surface area contributed by atoms with Crippen molar-refractivity contribution < 1.29 is 14.4 Å². The number of hydrogen-bond acceptors (Lipinski definition) is 8. The van der Waals surface area contributed by atoms with Gasteiger partial charge >= 0.3 is 0 Å². The molecule has 2 aromatic carbocycles. The van der Waals surface area contributed by atoms with Gasteiger partial charge in [-0.15, -0.1) is 0 Å². The molecule has 3 atom stereocenters. The van der Waals surface area contributed by atoms with Crippen LogP contribution in [-0.2, 0) is 16.6 Å². The Morgan fingerprint density at radius 1 is 1.02 bits per heavy atom. The molecule has 3 aromatic rings. The van der Waals surface area contributed by atoms with Gasteiger partial charge in [-0.05, 0) is 102 Å². The van der Waals surface area contributed by atoms with E-state index in [1.807, 2.05) is 24.0 Å². The van der Waals surface area contributed by atoms with Gasteiger partial charge in [-0.3, -0.25) is 24.5 Å². The molecule has 0 aliphatic carbocycles. The van der Waals surface area contributed by atoms with Crippen molar-refractivity contribution in [3.05, 3.63) is 85.7 Å². The van der Waals surface area contributed by atoms with E-state index in [-0.39, 0.29) is 40.7 Å². The molecule has 4 saturated heterocycles. The summed E-state index contributed by atoms with van der Waals surface area (Å²) in [7, 11) is 3.75. The van der Waals surface area contributed by atoms with Gasteiger partial charge in [0, 0.05) is 75.4 Å². The zero-order valence-corrected chi connectivity index (χ0v) is 30.0. The van der Waals surface area contributed by atoms with Crippen molar-refractivity contribution in [2.45, 2.75) is 56.9 Å². The molecular weight excluding hydrogens is 686 g/mol. The molecule has 3 amide bonds. The van der Waals surface area contributed by atoms with Crippen molar-refractivity contribution in [1.29, 1.82) is 0 Å². The molecule has 4 aliphatic rings. The fraction of sp³-hybridized carbons (Fsp3) is 0.486. The molecule has 4 aliphatic heterocycles. The monoisotopic (exact) mass is 729 g/mol. The first kappa shape index (κ1) is 33.5. The summed E-state index contributed by atoms with van der Waals surface area (Å²) >= 11 is 3.43. The molecule has 7 rings (SSSR count). The number of aryl methyl sites for hydroxylation is 2. The number of nitrogens with zero attached hydrogens (tertiary/aromatic N) is 5. The van der Waals surface area contributed by atoms with Crippen LogP contribution >= 0.6 is 15.9 Å². The van der Waals surface area contributed by atoms with Gasteiger partial charge < -0.3 is 20.0 Å². The molecule has 2 N–H and O–H groups in total. The topological polar surface area (TPSA) is 120 Å². The van der Waals surface area contributed by atoms with Crippen LogP contribution in [0.1, 0.15) is 71.0 Å². The zero-order chi connectivity index (χ0) is 34.4. The van der Waals surface area contributed by atoms with E-state index >= 15 is 0 Å². The van der Waals surface area contributed by atoms with E-state index in [9.17, 15) is 19.2 Å². The Balaban J connectivity index is 0.916. The van der Waals surface area contributed by atoms with Crippen LogP contribution in [0.15, 0.2) is 57.9 Å². The van der Waals surface area contributed by atoms with Gasteiger partial charge in [-0.2, -0.15) is 5.10 Å². The number of likely N-dealkylation sites (tertiary alicyclic amines) is 2. The summed E-state index contributed by atoms with van der Waals surface area (Å²) in [6, 6.07) is 14.6. The second kappa shape index (κ2) is 13.4. The fourth-order valence-electron chi connectivity index (χ4n) is 8.28. The van der Waals surface area contributed by atoms with Crippen molar-refractivity contribution >= 4 is 45.0 Å². The standard InChI is InChI=1S/C37H44BrN7O4/c1-23-16-28(8-9-29(23)30-10-11-32(46)41-34(30)47)44-14-12-37(13-15-44)21-45(22-37)35(48)25-6-4-24(5-7-25)26-17-27(20-42(2)19-26)40-31-18-39-43(3)36(49)33(31)38/h4-9,16,18,26-27,30,40H,10-15,17,19-22H2,1-3H3,(H,41,46,47). The summed E-state index contributed by atoms with van der Waals surface area (Å²) in [5, 5.41) is 10.2. The Labute approximate surface area is 295 Å². The van der Waals surface area contributed by atoms with Gasteiger partial charge in [-0.25, -0.2) is 4.68 Å². The summed E-state index contributed by atoms with van der Waals surface area (Å²) in [5.74, 6) is -0.257. The highest BCUT2D eigenvalue weighted by molar-refractivity contribution is 9.10. The molecule has 11 nitrogen and oxygen atoms in total. The molecule has 5 heterocycles. The number of piperidine rings is 3. The number of carbonyl (C=O) groups is 3. The summed E-state index contributed by atoms with van der Waals surface area (Å²) in [4.78, 5) is 56.5. The Morgan fingerprint density at radius 2 is 1.76 bits per heavy atom. The van der Waals surface area contributed by atoms with E-state index < -0.39 is 0 Å². The maximum Gasteiger partial charge on any atom is 0.282 e. The third-order valence-corrected chi connectivity index (χ3v) is 11.9. The van der Waals surface area contributed by atoms with Crippen molar-refractivity contribution in [3.8, 4) is 0 Å². The van der Waals surface area contributed by atoms with E-state index in [1.165, 1.54) is 10.2 Å². The SMILES string of the molecule is Cc1cc(N2CCC3(CC2)CN(C(=O)c2ccc(C4CC(Nc5cnn(C)c(=O)c5Br)CN(C)C4)cc2)C3)ccc1C1CCC(=O)NC1=O. The first-order valence-electron chi connectivity index (χ1n) is 17.2. The first-order valence-corrected chi connectivity index (χ1v) is 18.0.